The van der Waals surface area contributed by atoms with Gasteiger partial charge in [0.05, 0.1) is 11.3 Å². The molecular formula is C13H16FNO4S. The van der Waals surface area contributed by atoms with Gasteiger partial charge < -0.3 is 5.11 Å². The van der Waals surface area contributed by atoms with Gasteiger partial charge in [-0.1, -0.05) is 6.42 Å². The van der Waals surface area contributed by atoms with E-state index in [0.29, 0.717) is 19.4 Å². The second-order valence-corrected chi connectivity index (χ2v) is 6.71. The van der Waals surface area contributed by atoms with E-state index in [4.69, 9.17) is 5.11 Å². The molecule has 1 heterocycles. The van der Waals surface area contributed by atoms with E-state index in [2.05, 4.69) is 0 Å². The van der Waals surface area contributed by atoms with Gasteiger partial charge in [-0.2, -0.15) is 4.31 Å². The maximum absolute atomic E-state index is 12.9. The van der Waals surface area contributed by atoms with Crippen LogP contribution in [0.25, 0.3) is 0 Å². The Morgan fingerprint density at radius 1 is 1.30 bits per heavy atom. The van der Waals surface area contributed by atoms with Gasteiger partial charge in [0.2, 0.25) is 10.0 Å². The van der Waals surface area contributed by atoms with Crippen molar-refractivity contribution in [1.29, 1.82) is 0 Å². The number of hydrogen-bond donors (Lipinski definition) is 1. The van der Waals surface area contributed by atoms with Crippen LogP contribution in [0.1, 0.15) is 25.7 Å². The Hall–Kier alpha value is -1.47. The molecule has 5 nitrogen and oxygen atoms in total. The van der Waals surface area contributed by atoms with Gasteiger partial charge in [-0.3, -0.25) is 4.79 Å². The number of rotatable bonds is 4. The Labute approximate surface area is 117 Å². The van der Waals surface area contributed by atoms with E-state index in [1.54, 1.807) is 0 Å². The molecule has 7 heteroatoms. The minimum atomic E-state index is -3.77. The smallest absolute Gasteiger partial charge is 0.304 e. The number of piperidine rings is 1. The van der Waals surface area contributed by atoms with Gasteiger partial charge in [0.25, 0.3) is 0 Å². The summed E-state index contributed by atoms with van der Waals surface area (Å²) < 4.78 is 39.1. The largest absolute Gasteiger partial charge is 0.481 e. The molecule has 2 rings (SSSR count). The Morgan fingerprint density at radius 2 is 1.95 bits per heavy atom. The zero-order valence-corrected chi connectivity index (χ0v) is 11.6. The summed E-state index contributed by atoms with van der Waals surface area (Å²) in [6.07, 6.45) is 1.84. The third-order valence-corrected chi connectivity index (χ3v) is 5.37. The zero-order valence-electron chi connectivity index (χ0n) is 10.8. The molecule has 0 unspecified atom stereocenters. The highest BCUT2D eigenvalue weighted by Crippen LogP contribution is 2.27. The van der Waals surface area contributed by atoms with E-state index in [-0.39, 0.29) is 11.3 Å². The number of carboxylic acid groups (broad SMARTS) is 1. The first-order valence-electron chi connectivity index (χ1n) is 6.40. The molecule has 0 bridgehead atoms. The average molecular weight is 301 g/mol. The number of halogens is 1. The number of carboxylic acids is 1. The van der Waals surface area contributed by atoms with Crippen LogP contribution in [0.15, 0.2) is 29.2 Å². The van der Waals surface area contributed by atoms with E-state index in [1.165, 1.54) is 16.4 Å². The van der Waals surface area contributed by atoms with E-state index < -0.39 is 27.9 Å². The second kappa shape index (κ2) is 5.88. The Balaban J connectivity index is 2.30. The number of benzene rings is 1. The molecule has 1 fully saturated rings. The molecule has 0 aromatic heterocycles. The predicted octanol–water partition coefficient (Wildman–Crippen LogP) is 1.84. The summed E-state index contributed by atoms with van der Waals surface area (Å²) in [4.78, 5) is 10.8. The third kappa shape index (κ3) is 3.16. The highest BCUT2D eigenvalue weighted by molar-refractivity contribution is 7.89. The van der Waals surface area contributed by atoms with Crippen molar-refractivity contribution in [2.24, 2.45) is 0 Å². The van der Waals surface area contributed by atoms with E-state index in [9.17, 15) is 17.6 Å². The van der Waals surface area contributed by atoms with Gasteiger partial charge >= 0.3 is 5.97 Å². The van der Waals surface area contributed by atoms with Crippen molar-refractivity contribution < 1.29 is 22.7 Å². The number of sulfonamides is 1. The van der Waals surface area contributed by atoms with Crippen molar-refractivity contribution in [2.75, 3.05) is 6.54 Å². The molecule has 1 N–H and O–H groups in total. The Morgan fingerprint density at radius 3 is 2.55 bits per heavy atom. The van der Waals surface area contributed by atoms with Crippen LogP contribution in [0.3, 0.4) is 0 Å². The van der Waals surface area contributed by atoms with Gasteiger partial charge in [-0.15, -0.1) is 0 Å². The van der Waals surface area contributed by atoms with Gasteiger partial charge in [-0.25, -0.2) is 12.8 Å². The maximum atomic E-state index is 12.9. The summed E-state index contributed by atoms with van der Waals surface area (Å²) in [7, 11) is -3.77. The lowest BCUT2D eigenvalue weighted by Crippen LogP contribution is -2.44. The molecule has 1 saturated heterocycles. The van der Waals surface area contributed by atoms with Crippen LogP contribution in [0.5, 0.6) is 0 Å². The number of hydrogen-bond acceptors (Lipinski definition) is 3. The van der Waals surface area contributed by atoms with Crippen molar-refractivity contribution in [2.45, 2.75) is 36.6 Å². The molecule has 0 radical (unpaired) electrons. The summed E-state index contributed by atoms with van der Waals surface area (Å²) in [5.41, 5.74) is 0. The molecular weight excluding hydrogens is 285 g/mol. The van der Waals surface area contributed by atoms with E-state index in [1.807, 2.05) is 0 Å². The lowest BCUT2D eigenvalue weighted by molar-refractivity contribution is -0.138. The molecule has 0 saturated carbocycles. The topological polar surface area (TPSA) is 74.7 Å². The van der Waals surface area contributed by atoms with Crippen molar-refractivity contribution in [1.82, 2.24) is 4.31 Å². The summed E-state index contributed by atoms with van der Waals surface area (Å²) in [5.74, 6) is -1.53. The van der Waals surface area contributed by atoms with Crippen LogP contribution in [0.4, 0.5) is 4.39 Å². The Kier molecular flexibility index (Phi) is 4.39. The van der Waals surface area contributed by atoms with Crippen LogP contribution in [0, 0.1) is 5.82 Å². The Bertz CT molecular complexity index is 585. The quantitative estimate of drug-likeness (QED) is 0.921. The van der Waals surface area contributed by atoms with Crippen molar-refractivity contribution in [3.63, 3.8) is 0 Å². The number of aliphatic carboxylic acids is 1. The third-order valence-electron chi connectivity index (χ3n) is 3.40. The lowest BCUT2D eigenvalue weighted by Gasteiger charge is -2.33. The number of carbonyl (C=O) groups is 1. The molecule has 1 aliphatic rings. The summed E-state index contributed by atoms with van der Waals surface area (Å²) in [6, 6.07) is 4.05. The molecule has 1 atom stereocenters. The minimum absolute atomic E-state index is 0.00353. The molecule has 1 aromatic carbocycles. The fourth-order valence-corrected chi connectivity index (χ4v) is 4.13. The normalized spacial score (nSPS) is 20.8. The van der Waals surface area contributed by atoms with E-state index >= 15 is 0 Å². The van der Waals surface area contributed by atoms with Crippen LogP contribution < -0.4 is 0 Å². The second-order valence-electron chi connectivity index (χ2n) is 4.82. The highest BCUT2D eigenvalue weighted by atomic mass is 32.2. The van der Waals surface area contributed by atoms with Crippen LogP contribution >= 0.6 is 0 Å². The van der Waals surface area contributed by atoms with Crippen molar-refractivity contribution in [3.05, 3.63) is 30.1 Å². The maximum Gasteiger partial charge on any atom is 0.304 e. The molecule has 1 aliphatic heterocycles. The highest BCUT2D eigenvalue weighted by Gasteiger charge is 2.34. The minimum Gasteiger partial charge on any atom is -0.481 e. The SMILES string of the molecule is O=C(O)C[C@H]1CCCCN1S(=O)(=O)c1ccc(F)cc1. The van der Waals surface area contributed by atoms with Crippen molar-refractivity contribution >= 4 is 16.0 Å². The molecule has 0 spiro atoms. The summed E-state index contributed by atoms with van der Waals surface area (Å²) in [6.45, 7) is 0.303. The average Bonchev–Trinajstić information content (AvgIpc) is 2.39. The molecule has 0 aliphatic carbocycles. The first-order valence-corrected chi connectivity index (χ1v) is 7.84. The van der Waals surface area contributed by atoms with E-state index in [0.717, 1.165) is 18.6 Å². The van der Waals surface area contributed by atoms with Gasteiger partial charge in [0, 0.05) is 12.6 Å². The number of nitrogens with zero attached hydrogens (tertiary/aromatic N) is 1. The molecule has 0 amide bonds. The molecule has 1 aromatic rings. The van der Waals surface area contributed by atoms with Crippen LogP contribution in [-0.2, 0) is 14.8 Å². The summed E-state index contributed by atoms with van der Waals surface area (Å²) in [5, 5.41) is 8.89. The van der Waals surface area contributed by atoms with Crippen LogP contribution in [0.2, 0.25) is 0 Å². The standard InChI is InChI=1S/C13H16FNO4S/c14-10-4-6-12(7-5-10)20(18,19)15-8-2-1-3-11(15)9-13(16)17/h4-7,11H,1-3,8-9H2,(H,16,17)/t11-/m1/s1. The summed E-state index contributed by atoms with van der Waals surface area (Å²) >= 11 is 0. The van der Waals surface area contributed by atoms with Crippen molar-refractivity contribution in [3.8, 4) is 0 Å². The first-order chi connectivity index (χ1) is 9.41. The molecule has 110 valence electrons. The van der Waals surface area contributed by atoms with Gasteiger partial charge in [-0.05, 0) is 37.1 Å². The lowest BCUT2D eigenvalue weighted by atomic mass is 10.0. The van der Waals surface area contributed by atoms with Crippen LogP contribution in [-0.4, -0.2) is 36.4 Å². The van der Waals surface area contributed by atoms with Gasteiger partial charge in [0.1, 0.15) is 5.82 Å². The zero-order chi connectivity index (χ0) is 14.8. The fraction of sp³-hybridized carbons (Fsp3) is 0.462. The predicted molar refractivity (Wildman–Crippen MR) is 70.2 cm³/mol. The van der Waals surface area contributed by atoms with Gasteiger partial charge in [0.15, 0.2) is 0 Å². The monoisotopic (exact) mass is 301 g/mol. The fourth-order valence-electron chi connectivity index (χ4n) is 2.44. The molecule has 20 heavy (non-hydrogen) atoms. The first kappa shape index (κ1) is 14.9.